The van der Waals surface area contributed by atoms with E-state index in [1.807, 2.05) is 0 Å². The van der Waals surface area contributed by atoms with Gasteiger partial charge in [-0.1, -0.05) is 6.42 Å². The summed E-state index contributed by atoms with van der Waals surface area (Å²) in [6, 6.07) is 0. The Morgan fingerprint density at radius 3 is 2.45 bits per heavy atom. The topological polar surface area (TPSA) is 3.24 Å². The van der Waals surface area contributed by atoms with E-state index in [9.17, 15) is 4.39 Å². The van der Waals surface area contributed by atoms with Crippen LogP contribution >= 0.6 is 11.6 Å². The highest BCUT2D eigenvalue weighted by atomic mass is 35.5. The van der Waals surface area contributed by atoms with Crippen LogP contribution in [0, 0.1) is 0 Å². The van der Waals surface area contributed by atoms with Gasteiger partial charge in [-0.15, -0.1) is 11.6 Å². The van der Waals surface area contributed by atoms with Crippen LogP contribution in [-0.2, 0) is 0 Å². The summed E-state index contributed by atoms with van der Waals surface area (Å²) in [6.45, 7) is 2.64. The van der Waals surface area contributed by atoms with Gasteiger partial charge in [0.2, 0.25) is 0 Å². The van der Waals surface area contributed by atoms with E-state index in [0.29, 0.717) is 6.54 Å². The molecular weight excluding hydrogens is 165 g/mol. The third-order valence-corrected chi connectivity index (χ3v) is 2.41. The highest BCUT2D eigenvalue weighted by molar-refractivity contribution is 6.18. The zero-order valence-corrected chi connectivity index (χ0v) is 7.49. The lowest BCUT2D eigenvalue weighted by atomic mass is 10.1. The third kappa shape index (κ3) is 3.39. The van der Waals surface area contributed by atoms with E-state index >= 15 is 0 Å². The number of hydrogen-bond acceptors (Lipinski definition) is 1. The molecule has 0 radical (unpaired) electrons. The minimum Gasteiger partial charge on any atom is -0.300 e. The first-order chi connectivity index (χ1) is 5.33. The number of rotatable bonds is 3. The zero-order valence-electron chi connectivity index (χ0n) is 6.73. The quantitative estimate of drug-likeness (QED) is 0.600. The molecule has 1 nitrogen and oxygen atoms in total. The van der Waals surface area contributed by atoms with Gasteiger partial charge < -0.3 is 4.90 Å². The average Bonchev–Trinajstić information content (AvgIpc) is 2.06. The SMILES string of the molecule is FC(CCl)CN1CCCCC1. The molecule has 0 aliphatic carbocycles. The molecule has 66 valence electrons. The van der Waals surface area contributed by atoms with Crippen LogP contribution in [0.15, 0.2) is 0 Å². The molecule has 0 amide bonds. The maximum Gasteiger partial charge on any atom is 0.126 e. The fourth-order valence-electron chi connectivity index (χ4n) is 1.47. The first kappa shape index (κ1) is 9.27. The molecule has 0 bridgehead atoms. The van der Waals surface area contributed by atoms with Crippen molar-refractivity contribution in [2.45, 2.75) is 25.4 Å². The van der Waals surface area contributed by atoms with Gasteiger partial charge >= 0.3 is 0 Å². The molecule has 1 unspecified atom stereocenters. The Morgan fingerprint density at radius 2 is 1.91 bits per heavy atom. The van der Waals surface area contributed by atoms with Crippen molar-refractivity contribution in [1.82, 2.24) is 4.90 Å². The standard InChI is InChI=1S/C8H15ClFN/c9-6-8(10)7-11-4-2-1-3-5-11/h8H,1-7H2. The Morgan fingerprint density at radius 1 is 1.27 bits per heavy atom. The molecule has 3 heteroatoms. The highest BCUT2D eigenvalue weighted by Gasteiger charge is 2.14. The average molecular weight is 180 g/mol. The minimum atomic E-state index is -0.838. The molecule has 1 rings (SSSR count). The number of halogens is 2. The summed E-state index contributed by atoms with van der Waals surface area (Å²) in [4.78, 5) is 2.16. The summed E-state index contributed by atoms with van der Waals surface area (Å²) in [5.74, 6) is 0.135. The van der Waals surface area contributed by atoms with Crippen LogP contribution < -0.4 is 0 Å². The molecule has 1 saturated heterocycles. The number of piperidine rings is 1. The first-order valence-corrected chi connectivity index (χ1v) is 4.79. The van der Waals surface area contributed by atoms with E-state index < -0.39 is 6.17 Å². The Balaban J connectivity index is 2.13. The lowest BCUT2D eigenvalue weighted by molar-refractivity contribution is 0.176. The summed E-state index contributed by atoms with van der Waals surface area (Å²) < 4.78 is 12.7. The van der Waals surface area contributed by atoms with E-state index in [1.54, 1.807) is 0 Å². The Kier molecular flexibility index (Phi) is 4.16. The predicted octanol–water partition coefficient (Wildman–Crippen LogP) is 2.05. The van der Waals surface area contributed by atoms with Crippen LogP contribution in [0.5, 0.6) is 0 Å². The van der Waals surface area contributed by atoms with Gasteiger partial charge in [0.05, 0.1) is 5.88 Å². The van der Waals surface area contributed by atoms with Gasteiger partial charge in [0, 0.05) is 6.54 Å². The molecule has 1 heterocycles. The number of likely N-dealkylation sites (tertiary alicyclic amines) is 1. The third-order valence-electron chi connectivity index (χ3n) is 2.07. The van der Waals surface area contributed by atoms with Crippen molar-refractivity contribution in [3.63, 3.8) is 0 Å². The van der Waals surface area contributed by atoms with Gasteiger partial charge in [0.25, 0.3) is 0 Å². The Bertz CT molecular complexity index is 104. The van der Waals surface area contributed by atoms with Crippen LogP contribution in [0.4, 0.5) is 4.39 Å². The maximum absolute atomic E-state index is 12.7. The Hall–Kier alpha value is 0.180. The molecule has 1 aliphatic rings. The van der Waals surface area contributed by atoms with Crippen LogP contribution in [0.25, 0.3) is 0 Å². The molecule has 0 aromatic heterocycles. The van der Waals surface area contributed by atoms with E-state index in [4.69, 9.17) is 11.6 Å². The van der Waals surface area contributed by atoms with E-state index in [0.717, 1.165) is 13.1 Å². The smallest absolute Gasteiger partial charge is 0.126 e. The largest absolute Gasteiger partial charge is 0.300 e. The fraction of sp³-hybridized carbons (Fsp3) is 1.00. The summed E-state index contributed by atoms with van der Waals surface area (Å²) in [6.07, 6.45) is 2.90. The minimum absolute atomic E-state index is 0.135. The first-order valence-electron chi connectivity index (χ1n) is 4.25. The fourth-order valence-corrected chi connectivity index (χ4v) is 1.57. The predicted molar refractivity (Wildman–Crippen MR) is 45.9 cm³/mol. The van der Waals surface area contributed by atoms with Crippen molar-refractivity contribution in [1.29, 1.82) is 0 Å². The number of hydrogen-bond donors (Lipinski definition) is 0. The van der Waals surface area contributed by atoms with Crippen molar-refractivity contribution < 1.29 is 4.39 Å². The Labute approximate surface area is 72.5 Å². The summed E-state index contributed by atoms with van der Waals surface area (Å²) in [5.41, 5.74) is 0. The van der Waals surface area contributed by atoms with E-state index in [-0.39, 0.29) is 5.88 Å². The van der Waals surface area contributed by atoms with E-state index in [1.165, 1.54) is 19.3 Å². The zero-order chi connectivity index (χ0) is 8.10. The van der Waals surface area contributed by atoms with Gasteiger partial charge in [0.15, 0.2) is 0 Å². The van der Waals surface area contributed by atoms with Crippen molar-refractivity contribution in [2.75, 3.05) is 25.5 Å². The van der Waals surface area contributed by atoms with Crippen molar-refractivity contribution in [3.05, 3.63) is 0 Å². The summed E-state index contributed by atoms with van der Waals surface area (Å²) >= 11 is 5.37. The van der Waals surface area contributed by atoms with Crippen LogP contribution in [0.3, 0.4) is 0 Å². The summed E-state index contributed by atoms with van der Waals surface area (Å²) in [5, 5.41) is 0. The molecule has 11 heavy (non-hydrogen) atoms. The second-order valence-electron chi connectivity index (χ2n) is 3.11. The molecule has 1 aliphatic heterocycles. The molecule has 0 N–H and O–H groups in total. The van der Waals surface area contributed by atoms with Gasteiger partial charge in [-0.2, -0.15) is 0 Å². The summed E-state index contributed by atoms with van der Waals surface area (Å²) in [7, 11) is 0. The van der Waals surface area contributed by atoms with E-state index in [2.05, 4.69) is 4.90 Å². The molecule has 0 spiro atoms. The highest BCUT2D eigenvalue weighted by Crippen LogP contribution is 2.10. The van der Waals surface area contributed by atoms with Crippen molar-refractivity contribution in [3.8, 4) is 0 Å². The second kappa shape index (κ2) is 4.94. The second-order valence-corrected chi connectivity index (χ2v) is 3.42. The molecule has 1 atom stereocenters. The van der Waals surface area contributed by atoms with Crippen LogP contribution in [0.2, 0.25) is 0 Å². The number of nitrogens with zero attached hydrogens (tertiary/aromatic N) is 1. The van der Waals surface area contributed by atoms with Gasteiger partial charge in [-0.25, -0.2) is 4.39 Å². The lowest BCUT2D eigenvalue weighted by Gasteiger charge is -2.27. The molecule has 0 aromatic carbocycles. The number of alkyl halides is 2. The monoisotopic (exact) mass is 179 g/mol. The van der Waals surface area contributed by atoms with Crippen LogP contribution in [-0.4, -0.2) is 36.6 Å². The normalized spacial score (nSPS) is 23.5. The van der Waals surface area contributed by atoms with Gasteiger partial charge in [-0.05, 0) is 25.9 Å². The van der Waals surface area contributed by atoms with Crippen LogP contribution in [0.1, 0.15) is 19.3 Å². The van der Waals surface area contributed by atoms with Crippen molar-refractivity contribution in [2.24, 2.45) is 0 Å². The molecule has 0 aromatic rings. The van der Waals surface area contributed by atoms with Gasteiger partial charge in [0.1, 0.15) is 6.17 Å². The van der Waals surface area contributed by atoms with Crippen molar-refractivity contribution >= 4 is 11.6 Å². The molecule has 1 fully saturated rings. The van der Waals surface area contributed by atoms with Gasteiger partial charge in [-0.3, -0.25) is 0 Å². The molecular formula is C8H15ClFN. The molecule has 0 saturated carbocycles. The maximum atomic E-state index is 12.7. The lowest BCUT2D eigenvalue weighted by Crippen LogP contribution is -2.35.